The molecule has 1 aromatic rings. The number of anilines is 1. The number of rotatable bonds is 9. The second kappa shape index (κ2) is 10.8. The van der Waals surface area contributed by atoms with Crippen LogP contribution in [-0.4, -0.2) is 78.0 Å². The highest BCUT2D eigenvalue weighted by Crippen LogP contribution is 2.52. The molecule has 6 N–H and O–H groups in total. The molecule has 0 bridgehead atoms. The van der Waals surface area contributed by atoms with E-state index in [1.54, 1.807) is 18.2 Å². The van der Waals surface area contributed by atoms with E-state index in [0.717, 1.165) is 30.6 Å². The summed E-state index contributed by atoms with van der Waals surface area (Å²) in [4.78, 5) is 63.3. The maximum atomic E-state index is 13.1. The molecule has 0 aromatic heterocycles. The van der Waals surface area contributed by atoms with E-state index in [9.17, 15) is 24.0 Å². The first-order valence-corrected chi connectivity index (χ1v) is 14.0. The van der Waals surface area contributed by atoms with E-state index < -0.39 is 29.7 Å². The Bertz CT molecular complexity index is 1240. The van der Waals surface area contributed by atoms with Gasteiger partial charge in [0.25, 0.3) is 11.8 Å². The van der Waals surface area contributed by atoms with Crippen molar-refractivity contribution in [3.8, 4) is 0 Å². The van der Waals surface area contributed by atoms with Crippen molar-refractivity contribution in [3.05, 3.63) is 29.3 Å². The number of nitrogens with two attached hydrogens (primary N) is 1. The summed E-state index contributed by atoms with van der Waals surface area (Å²) < 4.78 is 5.63. The lowest BCUT2D eigenvalue weighted by molar-refractivity contribution is -0.136. The number of hydrogen-bond donors (Lipinski definition) is 5. The highest BCUT2D eigenvalue weighted by atomic mass is 16.5. The van der Waals surface area contributed by atoms with Gasteiger partial charge in [-0.15, -0.1) is 0 Å². The van der Waals surface area contributed by atoms with Crippen LogP contribution in [-0.2, 0) is 14.3 Å². The maximum absolute atomic E-state index is 13.1. The van der Waals surface area contributed by atoms with Crippen LogP contribution in [0.3, 0.4) is 0 Å². The number of amides is 6. The van der Waals surface area contributed by atoms with E-state index in [-0.39, 0.29) is 41.1 Å². The molecule has 2 aliphatic heterocycles. The van der Waals surface area contributed by atoms with Crippen LogP contribution in [0, 0.1) is 11.8 Å². The molecule has 2 aliphatic carbocycles. The van der Waals surface area contributed by atoms with Crippen molar-refractivity contribution in [1.82, 2.24) is 20.9 Å². The summed E-state index contributed by atoms with van der Waals surface area (Å²) in [5.41, 5.74) is 7.04. The first-order valence-electron chi connectivity index (χ1n) is 14.0. The van der Waals surface area contributed by atoms with E-state index in [2.05, 4.69) is 35.1 Å². The molecule has 0 spiro atoms. The number of carbonyl (C=O) groups is 5. The molecule has 6 amide bonds. The van der Waals surface area contributed by atoms with E-state index >= 15 is 0 Å². The number of nitrogens with zero attached hydrogens (tertiary/aromatic N) is 1. The van der Waals surface area contributed by atoms with Gasteiger partial charge in [-0.1, -0.05) is 13.0 Å². The average Bonchev–Trinajstić information content (AvgIpc) is 3.38. The van der Waals surface area contributed by atoms with E-state index in [4.69, 9.17) is 10.5 Å². The highest BCUT2D eigenvalue weighted by molar-refractivity contribution is 6.25. The lowest BCUT2D eigenvalue weighted by atomic mass is 9.90. The topological polar surface area (TPSA) is 172 Å². The third-order valence-corrected chi connectivity index (χ3v) is 8.62. The third-order valence-electron chi connectivity index (χ3n) is 8.62. The summed E-state index contributed by atoms with van der Waals surface area (Å²) in [5, 5.41) is 11.3. The number of fused-ring (bicyclic) bond motifs is 2. The quantitative estimate of drug-likeness (QED) is 0.223. The van der Waals surface area contributed by atoms with Crippen molar-refractivity contribution >= 4 is 35.3 Å². The highest BCUT2D eigenvalue weighted by Gasteiger charge is 2.54. The number of hydrogen-bond acceptors (Lipinski definition) is 8. The standard InChI is InChI=1S/C28H38N6O6/c1-16-12-17-14-27(2,15-28(17,29)13-16)33-26(39)31-9-11-40-10-8-30-19-5-3-4-18-22(19)25(38)34(24(18)37)20-6-7-21(35)32-23(20)36/h3-5,16-17,20,30H,6-15,29H2,1-2H3,(H2,31,33,39)(H,32,35,36). The van der Waals surface area contributed by atoms with Gasteiger partial charge >= 0.3 is 6.03 Å². The largest absolute Gasteiger partial charge is 0.382 e. The Hall–Kier alpha value is -3.51. The van der Waals surface area contributed by atoms with Gasteiger partial charge in [-0.2, -0.15) is 0 Å². The Labute approximate surface area is 233 Å². The molecule has 3 fully saturated rings. The lowest BCUT2D eigenvalue weighted by Gasteiger charge is -2.29. The SMILES string of the molecule is CC1CC2CC(C)(NC(=O)NCCOCCNc3cccc4c3C(=O)N(C3CCC(=O)NC3=O)C4=O)CC2(N)C1. The van der Waals surface area contributed by atoms with Gasteiger partial charge in [0.2, 0.25) is 11.8 Å². The summed E-state index contributed by atoms with van der Waals surface area (Å²) in [6.07, 6.45) is 3.97. The zero-order valence-electron chi connectivity index (χ0n) is 23.0. The van der Waals surface area contributed by atoms with Gasteiger partial charge in [-0.05, 0) is 63.0 Å². The van der Waals surface area contributed by atoms with Crippen molar-refractivity contribution in [2.75, 3.05) is 31.6 Å². The van der Waals surface area contributed by atoms with Crippen LogP contribution in [0.4, 0.5) is 10.5 Å². The molecular weight excluding hydrogens is 516 g/mol. The number of carbonyl (C=O) groups excluding carboxylic acids is 5. The number of urea groups is 1. The summed E-state index contributed by atoms with van der Waals surface area (Å²) in [6.45, 7) is 5.61. The Morgan fingerprint density at radius 2 is 1.93 bits per heavy atom. The fourth-order valence-corrected chi connectivity index (χ4v) is 7.14. The minimum Gasteiger partial charge on any atom is -0.382 e. The van der Waals surface area contributed by atoms with E-state index in [1.165, 1.54) is 0 Å². The predicted octanol–water partition coefficient (Wildman–Crippen LogP) is 1.11. The fraction of sp³-hybridized carbons (Fsp3) is 0.607. The van der Waals surface area contributed by atoms with Crippen LogP contribution in [0.15, 0.2) is 18.2 Å². The summed E-state index contributed by atoms with van der Waals surface area (Å²) in [5.74, 6) is -1.09. The smallest absolute Gasteiger partial charge is 0.315 e. The van der Waals surface area contributed by atoms with Crippen molar-refractivity contribution in [1.29, 1.82) is 0 Å². The first kappa shape index (κ1) is 28.0. The minimum atomic E-state index is -1.01. The molecule has 4 aliphatic rings. The number of imide groups is 2. The number of ether oxygens (including phenoxy) is 1. The van der Waals surface area contributed by atoms with Gasteiger partial charge in [0, 0.05) is 36.3 Å². The van der Waals surface area contributed by atoms with Gasteiger partial charge in [-0.3, -0.25) is 29.4 Å². The lowest BCUT2D eigenvalue weighted by Crippen LogP contribution is -2.54. The van der Waals surface area contributed by atoms with Gasteiger partial charge in [-0.25, -0.2) is 4.79 Å². The summed E-state index contributed by atoms with van der Waals surface area (Å²) >= 11 is 0. The second-order valence-electron chi connectivity index (χ2n) is 12.0. The molecule has 1 aromatic carbocycles. The zero-order valence-corrected chi connectivity index (χ0v) is 23.0. The van der Waals surface area contributed by atoms with Crippen LogP contribution < -0.4 is 27.0 Å². The van der Waals surface area contributed by atoms with Gasteiger partial charge in [0.15, 0.2) is 0 Å². The molecule has 5 rings (SSSR count). The fourth-order valence-electron chi connectivity index (χ4n) is 7.14. The summed E-state index contributed by atoms with van der Waals surface area (Å²) in [7, 11) is 0. The molecule has 12 heteroatoms. The Morgan fingerprint density at radius 1 is 1.15 bits per heavy atom. The first-order chi connectivity index (χ1) is 19.0. The van der Waals surface area contributed by atoms with Crippen LogP contribution in [0.1, 0.15) is 73.1 Å². The normalized spacial score (nSPS) is 31.2. The van der Waals surface area contributed by atoms with Crippen LogP contribution in [0.5, 0.6) is 0 Å². The van der Waals surface area contributed by atoms with Crippen molar-refractivity contribution < 1.29 is 28.7 Å². The molecule has 216 valence electrons. The third kappa shape index (κ3) is 5.42. The predicted molar refractivity (Wildman–Crippen MR) is 145 cm³/mol. The number of piperidine rings is 1. The Morgan fingerprint density at radius 3 is 2.67 bits per heavy atom. The van der Waals surface area contributed by atoms with Crippen molar-refractivity contribution in [2.24, 2.45) is 17.6 Å². The molecule has 5 unspecified atom stereocenters. The van der Waals surface area contributed by atoms with E-state index in [1.807, 2.05) is 0 Å². The molecule has 1 saturated heterocycles. The van der Waals surface area contributed by atoms with Crippen LogP contribution >= 0.6 is 0 Å². The molecule has 0 radical (unpaired) electrons. The van der Waals surface area contributed by atoms with E-state index in [0.29, 0.717) is 43.8 Å². The number of nitrogens with one attached hydrogen (secondary N) is 4. The average molecular weight is 555 g/mol. The number of benzene rings is 1. The maximum Gasteiger partial charge on any atom is 0.315 e. The Balaban J connectivity index is 1.04. The Kier molecular flexibility index (Phi) is 7.58. The van der Waals surface area contributed by atoms with Gasteiger partial charge in [0.1, 0.15) is 6.04 Å². The van der Waals surface area contributed by atoms with Gasteiger partial charge < -0.3 is 26.4 Å². The van der Waals surface area contributed by atoms with Crippen molar-refractivity contribution in [2.45, 2.75) is 69.5 Å². The minimum absolute atomic E-state index is 0.0658. The molecule has 2 saturated carbocycles. The summed E-state index contributed by atoms with van der Waals surface area (Å²) in [6, 6.07) is 3.65. The van der Waals surface area contributed by atoms with Crippen LogP contribution in [0.2, 0.25) is 0 Å². The van der Waals surface area contributed by atoms with Gasteiger partial charge in [0.05, 0.1) is 24.3 Å². The molecule has 12 nitrogen and oxygen atoms in total. The molecular formula is C28H38N6O6. The second-order valence-corrected chi connectivity index (χ2v) is 12.0. The zero-order chi connectivity index (χ0) is 28.7. The van der Waals surface area contributed by atoms with Crippen molar-refractivity contribution in [3.63, 3.8) is 0 Å². The molecule has 2 heterocycles. The molecule has 40 heavy (non-hydrogen) atoms. The molecule has 5 atom stereocenters. The van der Waals surface area contributed by atoms with Crippen LogP contribution in [0.25, 0.3) is 0 Å². The monoisotopic (exact) mass is 554 g/mol.